The number of hydrogen-bond acceptors (Lipinski definition) is 5. The lowest BCUT2D eigenvalue weighted by atomic mass is 9.88. The zero-order valence-corrected chi connectivity index (χ0v) is 22.6. The minimum Gasteiger partial charge on any atom is -0.460 e. The van der Waals surface area contributed by atoms with Gasteiger partial charge in [0.1, 0.15) is 6.61 Å². The van der Waals surface area contributed by atoms with E-state index in [1.807, 2.05) is 66.7 Å². The highest BCUT2D eigenvalue weighted by molar-refractivity contribution is 5.86. The molecule has 4 rings (SSSR count). The van der Waals surface area contributed by atoms with Crippen molar-refractivity contribution in [1.29, 1.82) is 0 Å². The number of ether oxygens (including phenoxy) is 1. The van der Waals surface area contributed by atoms with Crippen molar-refractivity contribution in [3.05, 3.63) is 149 Å². The number of rotatable bonds is 12. The van der Waals surface area contributed by atoms with Crippen molar-refractivity contribution in [2.75, 3.05) is 13.2 Å². The molecule has 4 aromatic rings. The van der Waals surface area contributed by atoms with Crippen molar-refractivity contribution < 1.29 is 24.1 Å². The molecule has 0 aliphatic rings. The topological polar surface area (TPSA) is 73.9 Å². The molecular weight excluding hydrogens is 502 g/mol. The Kier molecular flexibility index (Phi) is 10.1. The Morgan fingerprint density at radius 1 is 0.700 bits per heavy atom. The van der Waals surface area contributed by atoms with Crippen LogP contribution in [0.5, 0.6) is 5.75 Å². The molecular formula is C34H33NO5. The highest BCUT2D eigenvalue weighted by Crippen LogP contribution is 2.32. The Morgan fingerprint density at radius 3 is 1.77 bits per heavy atom. The predicted molar refractivity (Wildman–Crippen MR) is 155 cm³/mol. The van der Waals surface area contributed by atoms with Crippen molar-refractivity contribution in [1.82, 2.24) is 5.32 Å². The van der Waals surface area contributed by atoms with Crippen LogP contribution in [-0.4, -0.2) is 25.2 Å². The second kappa shape index (κ2) is 14.4. The van der Waals surface area contributed by atoms with Crippen LogP contribution in [0.1, 0.15) is 40.3 Å². The number of benzene rings is 4. The third kappa shape index (κ3) is 8.33. The molecule has 0 aliphatic carbocycles. The van der Waals surface area contributed by atoms with Crippen molar-refractivity contribution in [3.8, 4) is 5.75 Å². The SMILES string of the molecule is C=C(C)C(=O)OCCNC(=O)OOc1ccc(Cc2ccccc2)c(Cc2ccccc2)c1Cc1ccccc1. The minimum absolute atomic E-state index is 0.00451. The molecule has 0 saturated carbocycles. The van der Waals surface area contributed by atoms with Crippen molar-refractivity contribution in [3.63, 3.8) is 0 Å². The quantitative estimate of drug-likeness (QED) is 0.0728. The summed E-state index contributed by atoms with van der Waals surface area (Å²) in [5.74, 6) is -0.0473. The van der Waals surface area contributed by atoms with Gasteiger partial charge in [0.05, 0.1) is 6.54 Å². The van der Waals surface area contributed by atoms with Gasteiger partial charge in [-0.25, -0.2) is 14.5 Å². The van der Waals surface area contributed by atoms with E-state index < -0.39 is 12.1 Å². The Balaban J connectivity index is 1.59. The molecule has 0 aliphatic heterocycles. The molecule has 40 heavy (non-hydrogen) atoms. The summed E-state index contributed by atoms with van der Waals surface area (Å²) in [5.41, 5.74) is 7.04. The zero-order valence-electron chi connectivity index (χ0n) is 22.6. The number of nitrogens with one attached hydrogen (secondary N) is 1. The van der Waals surface area contributed by atoms with Crippen LogP contribution in [0.25, 0.3) is 0 Å². The molecule has 0 unspecified atom stereocenters. The van der Waals surface area contributed by atoms with E-state index in [9.17, 15) is 9.59 Å². The molecule has 0 bridgehead atoms. The van der Waals surface area contributed by atoms with Gasteiger partial charge in [0.25, 0.3) is 0 Å². The van der Waals surface area contributed by atoms with Gasteiger partial charge in [-0.2, -0.15) is 0 Å². The average molecular weight is 536 g/mol. The standard InChI is InChI=1S/C34H33NO5/c1-25(2)33(36)38-21-20-35-34(37)40-39-32-19-18-29(22-26-12-6-3-7-13-26)30(23-27-14-8-4-9-15-27)31(32)24-28-16-10-5-11-17-28/h3-19H,1,20-24H2,2H3,(H,35,37). The third-order valence-electron chi connectivity index (χ3n) is 6.33. The van der Waals surface area contributed by atoms with E-state index >= 15 is 0 Å². The molecule has 1 N–H and O–H groups in total. The van der Waals surface area contributed by atoms with E-state index in [2.05, 4.69) is 48.3 Å². The van der Waals surface area contributed by atoms with Crippen LogP contribution in [0.2, 0.25) is 0 Å². The molecule has 0 fully saturated rings. The summed E-state index contributed by atoms with van der Waals surface area (Å²) in [6, 6.07) is 34.6. The maximum Gasteiger partial charge on any atom is 0.450 e. The zero-order chi connectivity index (χ0) is 28.2. The van der Waals surface area contributed by atoms with Gasteiger partial charge in [0.2, 0.25) is 0 Å². The van der Waals surface area contributed by atoms with Crippen LogP contribution in [-0.2, 0) is 33.7 Å². The predicted octanol–water partition coefficient (Wildman–Crippen LogP) is 6.60. The fraction of sp³-hybridized carbons (Fsp3) is 0.176. The molecule has 0 saturated heterocycles. The van der Waals surface area contributed by atoms with Crippen LogP contribution < -0.4 is 10.2 Å². The van der Waals surface area contributed by atoms with Crippen LogP contribution in [0.4, 0.5) is 4.79 Å². The Labute approximate surface area is 235 Å². The number of carbonyl (C=O) groups excluding carboxylic acids is 2. The van der Waals surface area contributed by atoms with Crippen LogP contribution in [0.3, 0.4) is 0 Å². The second-order valence-corrected chi connectivity index (χ2v) is 9.46. The van der Waals surface area contributed by atoms with E-state index in [1.54, 1.807) is 6.92 Å². The van der Waals surface area contributed by atoms with E-state index in [1.165, 1.54) is 16.7 Å². The molecule has 1 amide bonds. The minimum atomic E-state index is -0.782. The van der Waals surface area contributed by atoms with Gasteiger partial charge in [-0.15, -0.1) is 0 Å². The van der Waals surface area contributed by atoms with Crippen LogP contribution in [0, 0.1) is 0 Å². The summed E-state index contributed by atoms with van der Waals surface area (Å²) in [6.45, 7) is 5.16. The molecule has 0 heterocycles. The molecule has 4 aromatic carbocycles. The van der Waals surface area contributed by atoms with E-state index in [4.69, 9.17) is 14.5 Å². The normalized spacial score (nSPS) is 10.4. The van der Waals surface area contributed by atoms with Gasteiger partial charge in [-0.3, -0.25) is 4.89 Å². The van der Waals surface area contributed by atoms with Crippen molar-refractivity contribution >= 4 is 12.1 Å². The van der Waals surface area contributed by atoms with Crippen molar-refractivity contribution in [2.24, 2.45) is 0 Å². The molecule has 0 spiro atoms. The molecule has 6 nitrogen and oxygen atoms in total. The monoisotopic (exact) mass is 535 g/mol. The Bertz CT molecular complexity index is 1420. The first kappa shape index (κ1) is 28.2. The highest BCUT2D eigenvalue weighted by Gasteiger charge is 2.18. The molecule has 0 atom stereocenters. The summed E-state index contributed by atoms with van der Waals surface area (Å²) in [6.07, 6.45) is 1.27. The molecule has 6 heteroatoms. The number of carbonyl (C=O) groups is 2. The first-order valence-electron chi connectivity index (χ1n) is 13.2. The Morgan fingerprint density at radius 2 is 1.23 bits per heavy atom. The van der Waals surface area contributed by atoms with Crippen LogP contribution >= 0.6 is 0 Å². The fourth-order valence-electron chi connectivity index (χ4n) is 4.33. The summed E-state index contributed by atoms with van der Waals surface area (Å²) in [5, 5.41) is 2.52. The van der Waals surface area contributed by atoms with E-state index in [-0.39, 0.29) is 13.2 Å². The summed E-state index contributed by atoms with van der Waals surface area (Å²) < 4.78 is 4.99. The van der Waals surface area contributed by atoms with Gasteiger partial charge in [0.15, 0.2) is 5.75 Å². The smallest absolute Gasteiger partial charge is 0.450 e. The van der Waals surface area contributed by atoms with Gasteiger partial charge in [-0.05, 0) is 53.6 Å². The fourth-order valence-corrected chi connectivity index (χ4v) is 4.33. The summed E-state index contributed by atoms with van der Waals surface area (Å²) in [7, 11) is 0. The number of amides is 1. The van der Waals surface area contributed by atoms with E-state index in [0.29, 0.717) is 24.2 Å². The first-order valence-corrected chi connectivity index (χ1v) is 13.2. The molecule has 0 radical (unpaired) electrons. The maximum atomic E-state index is 12.3. The van der Waals surface area contributed by atoms with Crippen LogP contribution in [0.15, 0.2) is 115 Å². The van der Waals surface area contributed by atoms with Gasteiger partial charge in [-0.1, -0.05) is 104 Å². The lowest BCUT2D eigenvalue weighted by molar-refractivity contribution is -0.144. The van der Waals surface area contributed by atoms with E-state index in [0.717, 1.165) is 23.1 Å². The molecule has 0 aromatic heterocycles. The lowest BCUT2D eigenvalue weighted by Gasteiger charge is -2.19. The first-order chi connectivity index (χ1) is 19.5. The number of esters is 1. The largest absolute Gasteiger partial charge is 0.460 e. The lowest BCUT2D eigenvalue weighted by Crippen LogP contribution is -2.29. The van der Waals surface area contributed by atoms with Gasteiger partial charge < -0.3 is 10.1 Å². The van der Waals surface area contributed by atoms with Crippen molar-refractivity contribution in [2.45, 2.75) is 26.2 Å². The third-order valence-corrected chi connectivity index (χ3v) is 6.33. The maximum absolute atomic E-state index is 12.3. The van der Waals surface area contributed by atoms with Gasteiger partial charge in [0, 0.05) is 17.6 Å². The molecule has 204 valence electrons. The summed E-state index contributed by atoms with van der Waals surface area (Å²) >= 11 is 0. The summed E-state index contributed by atoms with van der Waals surface area (Å²) in [4.78, 5) is 34.6. The highest BCUT2D eigenvalue weighted by atomic mass is 17.2. The average Bonchev–Trinajstić information content (AvgIpc) is 2.98. The Hall–Kier alpha value is -4.84. The van der Waals surface area contributed by atoms with Gasteiger partial charge >= 0.3 is 12.1 Å². The second-order valence-electron chi connectivity index (χ2n) is 9.46. The number of hydrogen-bond donors (Lipinski definition) is 1.